The first-order valence-corrected chi connectivity index (χ1v) is 9.47. The summed E-state index contributed by atoms with van der Waals surface area (Å²) >= 11 is 0. The Morgan fingerprint density at radius 3 is 2.79 bits per heavy atom. The Bertz CT molecular complexity index is 616. The number of nitrogens with one attached hydrogen (secondary N) is 1. The zero-order chi connectivity index (χ0) is 17.0. The largest absolute Gasteiger partial charge is 0.384 e. The van der Waals surface area contributed by atoms with Crippen molar-refractivity contribution < 1.29 is 4.79 Å². The normalized spacial score (nSPS) is 23.3. The lowest BCUT2D eigenvalue weighted by Crippen LogP contribution is -2.35. The van der Waals surface area contributed by atoms with Gasteiger partial charge in [0, 0.05) is 36.3 Å². The molecular formula is C21H30N2O. The summed E-state index contributed by atoms with van der Waals surface area (Å²) in [6, 6.07) is 6.25. The average molecular weight is 326 g/mol. The summed E-state index contributed by atoms with van der Waals surface area (Å²) in [4.78, 5) is 14.7. The van der Waals surface area contributed by atoms with Crippen LogP contribution in [0.3, 0.4) is 0 Å². The van der Waals surface area contributed by atoms with Crippen molar-refractivity contribution >= 4 is 11.6 Å². The van der Waals surface area contributed by atoms with Crippen LogP contribution >= 0.6 is 0 Å². The molecule has 0 saturated carbocycles. The number of nitrogens with zero attached hydrogens (tertiary/aromatic N) is 1. The molecule has 2 aliphatic rings. The quantitative estimate of drug-likeness (QED) is 0.793. The van der Waals surface area contributed by atoms with Gasteiger partial charge < -0.3 is 10.2 Å². The summed E-state index contributed by atoms with van der Waals surface area (Å²) in [5.74, 6) is 0.191. The van der Waals surface area contributed by atoms with E-state index in [4.69, 9.17) is 0 Å². The van der Waals surface area contributed by atoms with Gasteiger partial charge in [-0.25, -0.2) is 0 Å². The second kappa shape index (κ2) is 7.42. The summed E-state index contributed by atoms with van der Waals surface area (Å²) in [5, 5.41) is 3.53. The second-order valence-electron chi connectivity index (χ2n) is 7.49. The van der Waals surface area contributed by atoms with Crippen molar-refractivity contribution in [3.63, 3.8) is 0 Å². The van der Waals surface area contributed by atoms with Gasteiger partial charge in [0.15, 0.2) is 0 Å². The van der Waals surface area contributed by atoms with Gasteiger partial charge in [0.05, 0.1) is 0 Å². The lowest BCUT2D eigenvalue weighted by Gasteiger charge is -2.27. The van der Waals surface area contributed by atoms with Crippen LogP contribution in [0.15, 0.2) is 30.4 Å². The van der Waals surface area contributed by atoms with E-state index in [1.165, 1.54) is 18.4 Å². The molecule has 1 aromatic rings. The molecule has 1 unspecified atom stereocenters. The fourth-order valence-corrected chi connectivity index (χ4v) is 3.83. The average Bonchev–Trinajstić information content (AvgIpc) is 2.96. The van der Waals surface area contributed by atoms with E-state index in [1.54, 1.807) is 0 Å². The third-order valence-electron chi connectivity index (χ3n) is 5.42. The van der Waals surface area contributed by atoms with Gasteiger partial charge in [0.25, 0.3) is 5.91 Å². The van der Waals surface area contributed by atoms with E-state index in [-0.39, 0.29) is 11.3 Å². The Kier molecular flexibility index (Phi) is 5.27. The molecule has 1 saturated heterocycles. The number of hydrogen-bond donors (Lipinski definition) is 1. The monoisotopic (exact) mass is 326 g/mol. The Labute approximate surface area is 146 Å². The molecule has 2 aliphatic heterocycles. The topological polar surface area (TPSA) is 32.3 Å². The van der Waals surface area contributed by atoms with Gasteiger partial charge in [-0.1, -0.05) is 38.5 Å². The van der Waals surface area contributed by atoms with Crippen molar-refractivity contribution in [2.24, 2.45) is 0 Å². The summed E-state index contributed by atoms with van der Waals surface area (Å²) in [6.07, 6.45) is 11.5. The van der Waals surface area contributed by atoms with Crippen molar-refractivity contribution in [2.75, 3.05) is 25.0 Å². The Morgan fingerprint density at radius 1 is 1.25 bits per heavy atom. The van der Waals surface area contributed by atoms with Crippen LogP contribution in [0.25, 0.3) is 0 Å². The maximum absolute atomic E-state index is 12.7. The molecule has 24 heavy (non-hydrogen) atoms. The van der Waals surface area contributed by atoms with Crippen molar-refractivity contribution in [3.05, 3.63) is 41.5 Å². The van der Waals surface area contributed by atoms with E-state index in [1.807, 2.05) is 11.0 Å². The highest BCUT2D eigenvalue weighted by molar-refractivity contribution is 5.95. The minimum atomic E-state index is 0.131. The minimum absolute atomic E-state index is 0.131. The van der Waals surface area contributed by atoms with Crippen LogP contribution in [0.1, 0.15) is 68.3 Å². The highest BCUT2D eigenvalue weighted by Crippen LogP contribution is 2.40. The van der Waals surface area contributed by atoms with Gasteiger partial charge in [-0.15, -0.1) is 0 Å². The van der Waals surface area contributed by atoms with E-state index < -0.39 is 0 Å². The number of piperidine rings is 1. The number of rotatable bonds is 5. The second-order valence-corrected chi connectivity index (χ2v) is 7.49. The molecule has 0 bridgehead atoms. The van der Waals surface area contributed by atoms with Crippen LogP contribution in [-0.4, -0.2) is 30.4 Å². The number of allylic oxidation sites excluding steroid dienone is 2. The van der Waals surface area contributed by atoms with E-state index in [9.17, 15) is 4.79 Å². The zero-order valence-electron chi connectivity index (χ0n) is 15.1. The Morgan fingerprint density at radius 2 is 2.04 bits per heavy atom. The SMILES string of the molecule is CCC/C=C/CC1(C)CNc2cc(C(=O)N3CCCCC3)ccc21. The number of hydrogen-bond acceptors (Lipinski definition) is 2. The van der Waals surface area contributed by atoms with Crippen LogP contribution in [0.4, 0.5) is 5.69 Å². The number of fused-ring (bicyclic) bond motifs is 1. The van der Waals surface area contributed by atoms with Crippen molar-refractivity contribution in [1.82, 2.24) is 4.90 Å². The highest BCUT2D eigenvalue weighted by atomic mass is 16.2. The Hall–Kier alpha value is -1.77. The number of amides is 1. The van der Waals surface area contributed by atoms with Crippen molar-refractivity contribution in [1.29, 1.82) is 0 Å². The number of likely N-dealkylation sites (tertiary alicyclic amines) is 1. The fourth-order valence-electron chi connectivity index (χ4n) is 3.83. The zero-order valence-corrected chi connectivity index (χ0v) is 15.1. The summed E-state index contributed by atoms with van der Waals surface area (Å²) in [5.41, 5.74) is 3.45. The molecule has 1 amide bonds. The lowest BCUT2D eigenvalue weighted by molar-refractivity contribution is 0.0724. The smallest absolute Gasteiger partial charge is 0.253 e. The van der Waals surface area contributed by atoms with E-state index >= 15 is 0 Å². The van der Waals surface area contributed by atoms with E-state index in [2.05, 4.69) is 43.4 Å². The molecule has 0 aliphatic carbocycles. The summed E-state index contributed by atoms with van der Waals surface area (Å²) < 4.78 is 0. The standard InChI is InChI=1S/C21H30N2O/c1-3-4-5-7-12-21(2)16-22-19-15-17(10-11-18(19)21)20(24)23-13-8-6-9-14-23/h5,7,10-11,15,22H,3-4,6,8-9,12-14,16H2,1-2H3/b7-5+. The number of unbranched alkanes of at least 4 members (excludes halogenated alkanes) is 1. The van der Waals surface area contributed by atoms with Gasteiger partial charge in [0.1, 0.15) is 0 Å². The molecule has 1 aromatic carbocycles. The van der Waals surface area contributed by atoms with Crippen LogP contribution in [0.5, 0.6) is 0 Å². The molecule has 2 heterocycles. The first-order valence-electron chi connectivity index (χ1n) is 9.47. The van der Waals surface area contributed by atoms with Crippen molar-refractivity contribution in [2.45, 2.75) is 57.8 Å². The van der Waals surface area contributed by atoms with Crippen LogP contribution in [0, 0.1) is 0 Å². The molecule has 3 heteroatoms. The van der Waals surface area contributed by atoms with E-state index in [0.29, 0.717) is 0 Å². The number of carbonyl (C=O) groups excluding carboxylic acids is 1. The van der Waals surface area contributed by atoms with Crippen molar-refractivity contribution in [3.8, 4) is 0 Å². The van der Waals surface area contributed by atoms with Gasteiger partial charge in [-0.3, -0.25) is 4.79 Å². The molecule has 1 fully saturated rings. The third-order valence-corrected chi connectivity index (χ3v) is 5.42. The summed E-state index contributed by atoms with van der Waals surface area (Å²) in [6.45, 7) is 7.28. The number of anilines is 1. The van der Waals surface area contributed by atoms with Gasteiger partial charge >= 0.3 is 0 Å². The van der Waals surface area contributed by atoms with Gasteiger partial charge in [-0.2, -0.15) is 0 Å². The molecule has 1 atom stereocenters. The maximum Gasteiger partial charge on any atom is 0.253 e. The predicted molar refractivity (Wildman–Crippen MR) is 101 cm³/mol. The summed E-state index contributed by atoms with van der Waals surface area (Å²) in [7, 11) is 0. The van der Waals surface area contributed by atoms with Crippen LogP contribution in [0.2, 0.25) is 0 Å². The van der Waals surface area contributed by atoms with Gasteiger partial charge in [-0.05, 0) is 49.8 Å². The molecule has 3 nitrogen and oxygen atoms in total. The minimum Gasteiger partial charge on any atom is -0.384 e. The first kappa shape index (κ1) is 17.1. The van der Waals surface area contributed by atoms with E-state index in [0.717, 1.165) is 56.6 Å². The molecular weight excluding hydrogens is 296 g/mol. The fraction of sp³-hybridized carbons (Fsp3) is 0.571. The van der Waals surface area contributed by atoms with Gasteiger partial charge in [0.2, 0.25) is 0 Å². The molecule has 3 rings (SSSR count). The maximum atomic E-state index is 12.7. The molecule has 0 spiro atoms. The predicted octanol–water partition coefficient (Wildman–Crippen LogP) is 4.74. The molecule has 130 valence electrons. The van der Waals surface area contributed by atoms with Crippen LogP contribution < -0.4 is 5.32 Å². The molecule has 1 N–H and O–H groups in total. The van der Waals surface area contributed by atoms with Crippen LogP contribution in [-0.2, 0) is 5.41 Å². The third kappa shape index (κ3) is 3.50. The number of benzene rings is 1. The lowest BCUT2D eigenvalue weighted by atomic mass is 9.81. The highest BCUT2D eigenvalue weighted by Gasteiger charge is 2.34. The first-order chi connectivity index (χ1) is 11.6. The molecule has 0 aromatic heterocycles. The molecule has 0 radical (unpaired) electrons. The Balaban J connectivity index is 1.74. The number of carbonyl (C=O) groups is 1.